The van der Waals surface area contributed by atoms with Crippen LogP contribution in [-0.4, -0.2) is 53.9 Å². The molecular weight excluding hydrogens is 390 g/mol. The Kier molecular flexibility index (Phi) is 5.48. The third-order valence-electron chi connectivity index (χ3n) is 5.20. The smallest absolute Gasteiger partial charge is 0.323 e. The van der Waals surface area contributed by atoms with E-state index in [0.717, 1.165) is 31.5 Å². The van der Waals surface area contributed by atoms with Crippen LogP contribution >= 0.6 is 11.3 Å². The van der Waals surface area contributed by atoms with Crippen LogP contribution in [0.5, 0.6) is 0 Å². The lowest BCUT2D eigenvalue weighted by Gasteiger charge is -2.18. The first-order valence-corrected chi connectivity index (χ1v) is 10.6. The lowest BCUT2D eigenvalue weighted by atomic mass is 10.1. The molecule has 0 bridgehead atoms. The van der Waals surface area contributed by atoms with Crippen molar-refractivity contribution in [3.05, 3.63) is 40.4 Å². The normalized spacial score (nSPS) is 16.2. The third kappa shape index (κ3) is 4.09. The molecule has 0 radical (unpaired) electrons. The summed E-state index contributed by atoms with van der Waals surface area (Å²) in [6.45, 7) is 4.60. The molecule has 29 heavy (non-hydrogen) atoms. The summed E-state index contributed by atoms with van der Waals surface area (Å²) in [7, 11) is 0. The maximum Gasteiger partial charge on any atom is 0.323 e. The number of hydrogen-bond acceptors (Lipinski definition) is 5. The van der Waals surface area contributed by atoms with Gasteiger partial charge in [-0.05, 0) is 37.5 Å². The molecular formula is C20H23N5O3S. The number of carbonyl (C=O) groups is 3. The number of aromatic nitrogens is 1. The van der Waals surface area contributed by atoms with E-state index in [1.807, 2.05) is 11.8 Å². The lowest BCUT2D eigenvalue weighted by molar-refractivity contribution is -0.115. The topological polar surface area (TPSA) is 94.6 Å². The Morgan fingerprint density at radius 2 is 2.03 bits per heavy atom. The highest BCUT2D eigenvalue weighted by atomic mass is 32.1. The van der Waals surface area contributed by atoms with Gasteiger partial charge in [-0.25, -0.2) is 9.78 Å². The Bertz CT molecular complexity index is 951. The average molecular weight is 414 g/mol. The summed E-state index contributed by atoms with van der Waals surface area (Å²) in [6, 6.07) is 5.23. The number of urea groups is 1. The van der Waals surface area contributed by atoms with Gasteiger partial charge in [0, 0.05) is 42.8 Å². The van der Waals surface area contributed by atoms with Crippen LogP contribution < -0.4 is 15.5 Å². The average Bonchev–Trinajstić information content (AvgIpc) is 3.44. The number of nitrogens with zero attached hydrogens (tertiary/aromatic N) is 3. The summed E-state index contributed by atoms with van der Waals surface area (Å²) >= 11 is 1.35. The Balaban J connectivity index is 1.42. The van der Waals surface area contributed by atoms with Gasteiger partial charge in [0.05, 0.1) is 12.1 Å². The van der Waals surface area contributed by atoms with Crippen molar-refractivity contribution in [1.82, 2.24) is 15.2 Å². The van der Waals surface area contributed by atoms with Gasteiger partial charge in [-0.3, -0.25) is 14.5 Å². The molecule has 3 heterocycles. The molecule has 0 spiro atoms. The van der Waals surface area contributed by atoms with E-state index in [0.29, 0.717) is 35.2 Å². The predicted molar refractivity (Wildman–Crippen MR) is 112 cm³/mol. The zero-order valence-corrected chi connectivity index (χ0v) is 17.1. The summed E-state index contributed by atoms with van der Waals surface area (Å²) in [5, 5.41) is 8.02. The summed E-state index contributed by atoms with van der Waals surface area (Å²) in [6.07, 6.45) is 2.18. The zero-order chi connectivity index (χ0) is 20.4. The van der Waals surface area contributed by atoms with Crippen LogP contribution in [0.2, 0.25) is 0 Å². The first kappa shape index (κ1) is 19.4. The molecule has 152 valence electrons. The molecule has 8 nitrogen and oxygen atoms in total. The van der Waals surface area contributed by atoms with Crippen LogP contribution in [-0.2, 0) is 11.2 Å². The first-order valence-electron chi connectivity index (χ1n) is 9.71. The molecule has 2 saturated heterocycles. The Labute approximate surface area is 172 Å². The Morgan fingerprint density at radius 1 is 1.24 bits per heavy atom. The lowest BCUT2D eigenvalue weighted by Crippen LogP contribution is -2.28. The van der Waals surface area contributed by atoms with Crippen molar-refractivity contribution in [3.8, 4) is 0 Å². The van der Waals surface area contributed by atoms with E-state index < -0.39 is 0 Å². The van der Waals surface area contributed by atoms with Crippen molar-refractivity contribution in [3.63, 3.8) is 0 Å². The van der Waals surface area contributed by atoms with E-state index in [1.165, 1.54) is 11.3 Å². The number of likely N-dealkylation sites (tertiary alicyclic amines) is 1. The molecule has 2 aromatic rings. The molecule has 1 aromatic heterocycles. The van der Waals surface area contributed by atoms with E-state index in [-0.39, 0.29) is 24.3 Å². The third-order valence-corrected chi connectivity index (χ3v) is 6.11. The van der Waals surface area contributed by atoms with Gasteiger partial charge in [-0.15, -0.1) is 11.3 Å². The number of thiazole rings is 1. The second-order valence-corrected chi connectivity index (χ2v) is 8.04. The molecule has 2 aliphatic rings. The van der Waals surface area contributed by atoms with E-state index in [1.54, 1.807) is 28.5 Å². The first-order chi connectivity index (χ1) is 14.0. The van der Waals surface area contributed by atoms with E-state index in [4.69, 9.17) is 0 Å². The molecule has 2 fully saturated rings. The fourth-order valence-corrected chi connectivity index (χ4v) is 4.46. The number of rotatable bonds is 5. The molecule has 1 aromatic carbocycles. The number of benzene rings is 1. The molecule has 0 atom stereocenters. The number of carbonyl (C=O) groups excluding carboxylic acids is 3. The molecule has 4 amide bonds. The predicted octanol–water partition coefficient (Wildman–Crippen LogP) is 2.40. The van der Waals surface area contributed by atoms with Gasteiger partial charge < -0.3 is 15.5 Å². The van der Waals surface area contributed by atoms with E-state index >= 15 is 0 Å². The van der Waals surface area contributed by atoms with E-state index in [2.05, 4.69) is 15.6 Å². The SMILES string of the molecule is Cc1c(NC(=O)Cc2csc(N3CCNC3=O)n2)cccc1C(=O)N1CCCC1. The van der Waals surface area contributed by atoms with Crippen LogP contribution in [0.3, 0.4) is 0 Å². The molecule has 4 rings (SSSR count). The van der Waals surface area contributed by atoms with Crippen molar-refractivity contribution in [1.29, 1.82) is 0 Å². The van der Waals surface area contributed by atoms with Gasteiger partial charge in [-0.1, -0.05) is 6.07 Å². The van der Waals surface area contributed by atoms with Crippen molar-refractivity contribution >= 4 is 40.0 Å². The van der Waals surface area contributed by atoms with Crippen LogP contribution in [0.15, 0.2) is 23.6 Å². The Morgan fingerprint density at radius 3 is 2.76 bits per heavy atom. The molecule has 0 unspecified atom stereocenters. The summed E-state index contributed by atoms with van der Waals surface area (Å²) in [4.78, 5) is 44.8. The minimum absolute atomic E-state index is 0.0177. The van der Waals surface area contributed by atoms with Gasteiger partial charge >= 0.3 is 6.03 Å². The van der Waals surface area contributed by atoms with Gasteiger partial charge in [0.15, 0.2) is 5.13 Å². The highest BCUT2D eigenvalue weighted by molar-refractivity contribution is 7.14. The highest BCUT2D eigenvalue weighted by Gasteiger charge is 2.25. The molecule has 0 aliphatic carbocycles. The second-order valence-electron chi connectivity index (χ2n) is 7.21. The fourth-order valence-electron chi connectivity index (χ4n) is 3.61. The van der Waals surface area contributed by atoms with E-state index in [9.17, 15) is 14.4 Å². The van der Waals surface area contributed by atoms with Crippen molar-refractivity contribution in [2.75, 3.05) is 36.4 Å². The minimum atomic E-state index is -0.207. The minimum Gasteiger partial charge on any atom is -0.339 e. The monoisotopic (exact) mass is 413 g/mol. The molecule has 2 N–H and O–H groups in total. The van der Waals surface area contributed by atoms with Gasteiger partial charge in [0.25, 0.3) is 5.91 Å². The van der Waals surface area contributed by atoms with Crippen LogP contribution in [0.1, 0.15) is 34.5 Å². The summed E-state index contributed by atoms with van der Waals surface area (Å²) in [5.74, 6) is -0.189. The second kappa shape index (κ2) is 8.20. The maximum atomic E-state index is 12.7. The molecule has 2 aliphatic heterocycles. The van der Waals surface area contributed by atoms with Crippen molar-refractivity contribution in [2.24, 2.45) is 0 Å². The summed E-state index contributed by atoms with van der Waals surface area (Å²) in [5.41, 5.74) is 2.64. The molecule has 0 saturated carbocycles. The van der Waals surface area contributed by atoms with Gasteiger partial charge in [-0.2, -0.15) is 0 Å². The van der Waals surface area contributed by atoms with Gasteiger partial charge in [0.1, 0.15) is 0 Å². The van der Waals surface area contributed by atoms with Crippen molar-refractivity contribution in [2.45, 2.75) is 26.2 Å². The van der Waals surface area contributed by atoms with Crippen LogP contribution in [0.25, 0.3) is 0 Å². The maximum absolute atomic E-state index is 12.7. The van der Waals surface area contributed by atoms with Crippen molar-refractivity contribution < 1.29 is 14.4 Å². The van der Waals surface area contributed by atoms with Crippen LogP contribution in [0.4, 0.5) is 15.6 Å². The number of nitrogens with one attached hydrogen (secondary N) is 2. The number of hydrogen-bond donors (Lipinski definition) is 2. The molecule has 9 heteroatoms. The zero-order valence-electron chi connectivity index (χ0n) is 16.2. The number of amides is 4. The summed E-state index contributed by atoms with van der Waals surface area (Å²) < 4.78 is 0. The Hall–Kier alpha value is -2.94. The highest BCUT2D eigenvalue weighted by Crippen LogP contribution is 2.24. The largest absolute Gasteiger partial charge is 0.339 e. The van der Waals surface area contributed by atoms with Crippen LogP contribution in [0, 0.1) is 6.92 Å². The number of anilines is 2. The quantitative estimate of drug-likeness (QED) is 0.787. The standard InChI is InChI=1S/C20H23N5O3S/c1-13-15(18(27)24-8-2-3-9-24)5-4-6-16(13)23-17(26)11-14-12-29-20(22-14)25-10-7-21-19(25)28/h4-6,12H,2-3,7-11H2,1H3,(H,21,28)(H,23,26). The van der Waals surface area contributed by atoms with Gasteiger partial charge in [0.2, 0.25) is 5.91 Å². The fraction of sp³-hybridized carbons (Fsp3) is 0.400.